The highest BCUT2D eigenvalue weighted by molar-refractivity contribution is 7.13. The molecule has 0 aliphatic heterocycles. The van der Waals surface area contributed by atoms with Crippen molar-refractivity contribution < 1.29 is 14.6 Å². The predicted molar refractivity (Wildman–Crippen MR) is 78.9 cm³/mol. The molecule has 0 atom stereocenters. The number of hydrogen-bond donors (Lipinski definition) is 1. The van der Waals surface area contributed by atoms with Gasteiger partial charge in [-0.05, 0) is 44.0 Å². The first-order valence-corrected chi connectivity index (χ1v) is 7.18. The summed E-state index contributed by atoms with van der Waals surface area (Å²) in [5.74, 6) is -0.0823. The standard InChI is InChI=1S/C15H17NO3S/c1-9-4-5-12(8-10(9)2)19-7-6-13-16-11(3)14(20-13)15(17)18/h4-5,8H,6-7H2,1-3H3,(H,17,18). The van der Waals surface area contributed by atoms with Gasteiger partial charge in [-0.2, -0.15) is 0 Å². The average molecular weight is 291 g/mol. The second-order valence-corrected chi connectivity index (χ2v) is 5.76. The van der Waals surface area contributed by atoms with Gasteiger partial charge in [0.25, 0.3) is 0 Å². The Balaban J connectivity index is 1.94. The van der Waals surface area contributed by atoms with E-state index in [4.69, 9.17) is 9.84 Å². The molecule has 0 bridgehead atoms. The number of aromatic carboxylic acids is 1. The fourth-order valence-electron chi connectivity index (χ4n) is 1.82. The van der Waals surface area contributed by atoms with Crippen molar-refractivity contribution in [2.75, 3.05) is 6.61 Å². The summed E-state index contributed by atoms with van der Waals surface area (Å²) in [6.45, 7) is 6.32. The van der Waals surface area contributed by atoms with Crippen LogP contribution in [0.4, 0.5) is 0 Å². The molecular formula is C15H17NO3S. The van der Waals surface area contributed by atoms with E-state index < -0.39 is 5.97 Å². The lowest BCUT2D eigenvalue weighted by atomic mass is 10.1. The number of aryl methyl sites for hydroxylation is 3. The molecule has 106 valence electrons. The molecule has 0 radical (unpaired) electrons. The second kappa shape index (κ2) is 6.05. The van der Waals surface area contributed by atoms with Crippen LogP contribution in [0, 0.1) is 20.8 Å². The van der Waals surface area contributed by atoms with Crippen molar-refractivity contribution in [1.29, 1.82) is 0 Å². The molecule has 20 heavy (non-hydrogen) atoms. The summed E-state index contributed by atoms with van der Waals surface area (Å²) in [5.41, 5.74) is 3.00. The number of ether oxygens (including phenoxy) is 1. The average Bonchev–Trinajstić information content (AvgIpc) is 2.75. The minimum absolute atomic E-state index is 0.311. The van der Waals surface area contributed by atoms with Crippen molar-refractivity contribution >= 4 is 17.3 Å². The molecule has 1 aromatic heterocycles. The highest BCUT2D eigenvalue weighted by atomic mass is 32.1. The Labute approximate surface area is 122 Å². The molecule has 5 heteroatoms. The van der Waals surface area contributed by atoms with Gasteiger partial charge in [-0.3, -0.25) is 0 Å². The third kappa shape index (κ3) is 3.36. The maximum Gasteiger partial charge on any atom is 0.347 e. The summed E-state index contributed by atoms with van der Waals surface area (Å²) in [4.78, 5) is 15.5. The zero-order chi connectivity index (χ0) is 14.7. The van der Waals surface area contributed by atoms with E-state index >= 15 is 0 Å². The first-order chi connectivity index (χ1) is 9.47. The Morgan fingerprint density at radius 2 is 2.05 bits per heavy atom. The minimum Gasteiger partial charge on any atom is -0.493 e. The summed E-state index contributed by atoms with van der Waals surface area (Å²) in [6, 6.07) is 5.98. The number of thiazole rings is 1. The zero-order valence-electron chi connectivity index (χ0n) is 11.8. The van der Waals surface area contributed by atoms with Crippen molar-refractivity contribution in [1.82, 2.24) is 4.98 Å². The van der Waals surface area contributed by atoms with Gasteiger partial charge in [0, 0.05) is 6.42 Å². The van der Waals surface area contributed by atoms with Crippen molar-refractivity contribution in [2.24, 2.45) is 0 Å². The van der Waals surface area contributed by atoms with Crippen molar-refractivity contribution in [2.45, 2.75) is 27.2 Å². The molecule has 0 aliphatic rings. The third-order valence-corrected chi connectivity index (χ3v) is 4.30. The van der Waals surface area contributed by atoms with Crippen molar-refractivity contribution in [3.8, 4) is 5.75 Å². The van der Waals surface area contributed by atoms with Gasteiger partial charge in [0.15, 0.2) is 0 Å². The molecule has 1 N–H and O–H groups in total. The van der Waals surface area contributed by atoms with E-state index in [-0.39, 0.29) is 0 Å². The number of hydrogen-bond acceptors (Lipinski definition) is 4. The Morgan fingerprint density at radius 1 is 1.30 bits per heavy atom. The number of carboxylic acids is 1. The summed E-state index contributed by atoms with van der Waals surface area (Å²) in [7, 11) is 0. The normalized spacial score (nSPS) is 10.6. The van der Waals surface area contributed by atoms with Gasteiger partial charge in [0.2, 0.25) is 0 Å². The van der Waals surface area contributed by atoms with Crippen LogP contribution in [0.3, 0.4) is 0 Å². The molecule has 1 heterocycles. The number of rotatable bonds is 5. The molecular weight excluding hydrogens is 274 g/mol. The van der Waals surface area contributed by atoms with E-state index in [2.05, 4.69) is 11.9 Å². The lowest BCUT2D eigenvalue weighted by molar-refractivity contribution is 0.0701. The Morgan fingerprint density at radius 3 is 2.65 bits per heavy atom. The number of nitrogens with zero attached hydrogens (tertiary/aromatic N) is 1. The quantitative estimate of drug-likeness (QED) is 0.917. The van der Waals surface area contributed by atoms with Crippen LogP contribution in [0.1, 0.15) is 31.5 Å². The van der Waals surface area contributed by atoms with Crippen LogP contribution < -0.4 is 4.74 Å². The van der Waals surface area contributed by atoms with Gasteiger partial charge in [-0.25, -0.2) is 9.78 Å². The second-order valence-electron chi connectivity index (χ2n) is 4.67. The number of carbonyl (C=O) groups is 1. The van der Waals surface area contributed by atoms with Crippen LogP contribution in [-0.2, 0) is 6.42 Å². The molecule has 0 fully saturated rings. The largest absolute Gasteiger partial charge is 0.493 e. The molecule has 2 rings (SSSR count). The van der Waals surface area contributed by atoms with E-state index in [0.717, 1.165) is 10.8 Å². The molecule has 0 unspecified atom stereocenters. The number of carboxylic acid groups (broad SMARTS) is 1. The van der Waals surface area contributed by atoms with Gasteiger partial charge in [-0.1, -0.05) is 6.07 Å². The SMILES string of the molecule is Cc1ccc(OCCc2nc(C)c(C(=O)O)s2)cc1C. The lowest BCUT2D eigenvalue weighted by Crippen LogP contribution is -2.01. The molecule has 0 spiro atoms. The molecule has 2 aromatic rings. The van der Waals surface area contributed by atoms with E-state index in [0.29, 0.717) is 23.6 Å². The van der Waals surface area contributed by atoms with Crippen LogP contribution in [0.2, 0.25) is 0 Å². The van der Waals surface area contributed by atoms with Crippen LogP contribution >= 0.6 is 11.3 Å². The monoisotopic (exact) mass is 291 g/mol. The van der Waals surface area contributed by atoms with Crippen LogP contribution in [-0.4, -0.2) is 22.7 Å². The highest BCUT2D eigenvalue weighted by Crippen LogP contribution is 2.20. The molecule has 4 nitrogen and oxygen atoms in total. The first-order valence-electron chi connectivity index (χ1n) is 6.37. The summed E-state index contributed by atoms with van der Waals surface area (Å²) in [6.07, 6.45) is 0.617. The number of benzene rings is 1. The van der Waals surface area contributed by atoms with Gasteiger partial charge >= 0.3 is 5.97 Å². The third-order valence-electron chi connectivity index (χ3n) is 3.10. The molecule has 0 saturated heterocycles. The zero-order valence-corrected chi connectivity index (χ0v) is 12.6. The fourth-order valence-corrected chi connectivity index (χ4v) is 2.70. The highest BCUT2D eigenvalue weighted by Gasteiger charge is 2.13. The van der Waals surface area contributed by atoms with Crippen molar-refractivity contribution in [3.63, 3.8) is 0 Å². The topological polar surface area (TPSA) is 59.4 Å². The van der Waals surface area contributed by atoms with Gasteiger partial charge < -0.3 is 9.84 Å². The van der Waals surface area contributed by atoms with Gasteiger partial charge in [0.05, 0.1) is 17.3 Å². The van der Waals surface area contributed by atoms with E-state index in [1.54, 1.807) is 6.92 Å². The van der Waals surface area contributed by atoms with Gasteiger partial charge in [-0.15, -0.1) is 11.3 Å². The maximum absolute atomic E-state index is 10.9. The summed E-state index contributed by atoms with van der Waals surface area (Å²) < 4.78 is 5.67. The lowest BCUT2D eigenvalue weighted by Gasteiger charge is -2.07. The van der Waals surface area contributed by atoms with Crippen LogP contribution in [0.5, 0.6) is 5.75 Å². The smallest absolute Gasteiger partial charge is 0.347 e. The van der Waals surface area contributed by atoms with E-state index in [9.17, 15) is 4.79 Å². The maximum atomic E-state index is 10.9. The molecule has 0 saturated carbocycles. The van der Waals surface area contributed by atoms with Crippen molar-refractivity contribution in [3.05, 3.63) is 44.9 Å². The first kappa shape index (κ1) is 14.5. The Bertz CT molecular complexity index is 634. The van der Waals surface area contributed by atoms with Gasteiger partial charge in [0.1, 0.15) is 10.6 Å². The summed E-state index contributed by atoms with van der Waals surface area (Å²) in [5, 5.41) is 9.77. The molecule has 0 amide bonds. The number of aromatic nitrogens is 1. The Kier molecular flexibility index (Phi) is 4.39. The van der Waals surface area contributed by atoms with E-state index in [1.807, 2.05) is 25.1 Å². The fraction of sp³-hybridized carbons (Fsp3) is 0.333. The molecule has 0 aliphatic carbocycles. The molecule has 1 aromatic carbocycles. The van der Waals surface area contributed by atoms with E-state index in [1.165, 1.54) is 22.5 Å². The Hall–Kier alpha value is -1.88. The minimum atomic E-state index is -0.915. The summed E-state index contributed by atoms with van der Waals surface area (Å²) >= 11 is 1.22. The predicted octanol–water partition coefficient (Wildman–Crippen LogP) is 3.39. The van der Waals surface area contributed by atoms with Crippen LogP contribution in [0.25, 0.3) is 0 Å². The van der Waals surface area contributed by atoms with Crippen LogP contribution in [0.15, 0.2) is 18.2 Å².